The maximum atomic E-state index is 13.3. The maximum absolute atomic E-state index is 13.3. The molecule has 18 nitrogen and oxygen atoms in total. The predicted molar refractivity (Wildman–Crippen MR) is 177 cm³/mol. The number of aliphatic hydroxyl groups excluding tert-OH is 7. The molecule has 1 fully saturated rings. The SMILES string of the molecule is C=C(CCCCCCC)C(=O)N(CCNC(=O)COC(=O)N(C)C)CCNC(=O)C(O)C(C)C(O[C@@H]1OC(CO)[C@H](O)[C@H](O)C1O)C(O)CO. The van der Waals surface area contributed by atoms with Crippen LogP contribution in [0, 0.1) is 5.92 Å². The Morgan fingerprint density at radius 3 is 2.12 bits per heavy atom. The van der Waals surface area contributed by atoms with Gasteiger partial charge in [-0.3, -0.25) is 14.4 Å². The van der Waals surface area contributed by atoms with Crippen molar-refractivity contribution in [1.82, 2.24) is 20.4 Å². The Morgan fingerprint density at radius 2 is 1.54 bits per heavy atom. The Balaban J connectivity index is 2.88. The fraction of sp³-hybridized carbons (Fsp3) is 0.812. The summed E-state index contributed by atoms with van der Waals surface area (Å²) in [4.78, 5) is 52.5. The van der Waals surface area contributed by atoms with E-state index in [9.17, 15) is 54.9 Å². The first kappa shape index (κ1) is 45.1. The second kappa shape index (κ2) is 23.5. The lowest BCUT2D eigenvalue weighted by Gasteiger charge is -2.42. The number of ether oxygens (including phenoxy) is 3. The molecule has 18 heteroatoms. The lowest BCUT2D eigenvalue weighted by atomic mass is 9.92. The third-order valence-electron chi connectivity index (χ3n) is 8.24. The van der Waals surface area contributed by atoms with Gasteiger partial charge >= 0.3 is 6.09 Å². The van der Waals surface area contributed by atoms with Gasteiger partial charge in [-0.2, -0.15) is 0 Å². The summed E-state index contributed by atoms with van der Waals surface area (Å²) >= 11 is 0. The highest BCUT2D eigenvalue weighted by Crippen LogP contribution is 2.26. The third-order valence-corrected chi connectivity index (χ3v) is 8.24. The van der Waals surface area contributed by atoms with E-state index in [0.29, 0.717) is 12.0 Å². The van der Waals surface area contributed by atoms with E-state index in [2.05, 4.69) is 24.1 Å². The van der Waals surface area contributed by atoms with Crippen molar-refractivity contribution in [3.8, 4) is 0 Å². The van der Waals surface area contributed by atoms with E-state index in [1.165, 1.54) is 25.9 Å². The van der Waals surface area contributed by atoms with E-state index in [-0.39, 0.29) is 26.2 Å². The van der Waals surface area contributed by atoms with Gasteiger partial charge in [-0.05, 0) is 12.8 Å². The molecule has 0 radical (unpaired) electrons. The van der Waals surface area contributed by atoms with Gasteiger partial charge in [0.1, 0.15) is 36.6 Å². The zero-order valence-corrected chi connectivity index (χ0v) is 29.5. The number of amides is 4. The zero-order chi connectivity index (χ0) is 38.0. The fourth-order valence-electron chi connectivity index (χ4n) is 5.07. The molecule has 0 aliphatic carbocycles. The molecule has 50 heavy (non-hydrogen) atoms. The predicted octanol–water partition coefficient (Wildman–Crippen LogP) is -2.80. The van der Waals surface area contributed by atoms with E-state index in [1.54, 1.807) is 0 Å². The number of unbranched alkanes of at least 4 members (excludes halogenated alkanes) is 4. The Bertz CT molecular complexity index is 1060. The molecular weight excluding hydrogens is 664 g/mol. The molecule has 9 N–H and O–H groups in total. The van der Waals surface area contributed by atoms with Crippen LogP contribution in [0.25, 0.3) is 0 Å². The van der Waals surface area contributed by atoms with Crippen molar-refractivity contribution < 1.29 is 69.1 Å². The Hall–Kier alpha value is -2.94. The van der Waals surface area contributed by atoms with Gasteiger partial charge in [-0.25, -0.2) is 4.79 Å². The average Bonchev–Trinajstić information content (AvgIpc) is 3.10. The van der Waals surface area contributed by atoms with Crippen LogP contribution in [0.3, 0.4) is 0 Å². The highest BCUT2D eigenvalue weighted by molar-refractivity contribution is 5.93. The molecule has 9 atom stereocenters. The van der Waals surface area contributed by atoms with Gasteiger partial charge in [0.05, 0.1) is 19.3 Å². The number of nitrogens with one attached hydrogen (secondary N) is 2. The van der Waals surface area contributed by atoms with Crippen LogP contribution in [-0.4, -0.2) is 178 Å². The lowest BCUT2D eigenvalue weighted by Crippen LogP contribution is -2.61. The number of nitrogens with zero attached hydrogens (tertiary/aromatic N) is 2. The quantitative estimate of drug-likeness (QED) is 0.0381. The van der Waals surface area contributed by atoms with Crippen molar-refractivity contribution in [1.29, 1.82) is 0 Å². The highest BCUT2D eigenvalue weighted by Gasteiger charge is 2.46. The number of hydrogen-bond acceptors (Lipinski definition) is 14. The summed E-state index contributed by atoms with van der Waals surface area (Å²) in [6.07, 6.45) is -8.80. The van der Waals surface area contributed by atoms with Gasteiger partial charge in [0.2, 0.25) is 11.8 Å². The molecule has 6 unspecified atom stereocenters. The summed E-state index contributed by atoms with van der Waals surface area (Å²) in [5, 5.41) is 75.8. The van der Waals surface area contributed by atoms with Crippen molar-refractivity contribution in [2.75, 3.05) is 60.1 Å². The molecule has 0 spiro atoms. The Labute approximate surface area is 293 Å². The fourth-order valence-corrected chi connectivity index (χ4v) is 5.07. The molecule has 0 bridgehead atoms. The molecule has 0 saturated carbocycles. The van der Waals surface area contributed by atoms with Crippen LogP contribution in [0.15, 0.2) is 12.2 Å². The molecule has 290 valence electrons. The highest BCUT2D eigenvalue weighted by atomic mass is 16.7. The van der Waals surface area contributed by atoms with Crippen molar-refractivity contribution in [3.05, 3.63) is 12.2 Å². The van der Waals surface area contributed by atoms with Crippen LogP contribution >= 0.6 is 0 Å². The van der Waals surface area contributed by atoms with Crippen LogP contribution in [0.1, 0.15) is 52.4 Å². The Kier molecular flexibility index (Phi) is 21.2. The monoisotopic (exact) mass is 722 g/mol. The summed E-state index contributed by atoms with van der Waals surface area (Å²) in [6, 6.07) is 0. The van der Waals surface area contributed by atoms with Crippen LogP contribution in [0.5, 0.6) is 0 Å². The van der Waals surface area contributed by atoms with Gasteiger partial charge in [0.15, 0.2) is 12.9 Å². The first-order valence-electron chi connectivity index (χ1n) is 16.9. The molecule has 1 rings (SSSR count). The molecule has 4 amide bonds. The number of aliphatic hydroxyl groups is 7. The molecule has 1 saturated heterocycles. The number of carbonyl (C=O) groups excluding carboxylic acids is 4. The van der Waals surface area contributed by atoms with Gasteiger partial charge in [0.25, 0.3) is 5.91 Å². The van der Waals surface area contributed by atoms with Gasteiger partial charge in [-0.15, -0.1) is 0 Å². The van der Waals surface area contributed by atoms with Crippen molar-refractivity contribution in [2.45, 2.75) is 101 Å². The molecule has 0 aromatic rings. The topological polar surface area (TPSA) is 268 Å². The lowest BCUT2D eigenvalue weighted by molar-refractivity contribution is -0.323. The minimum Gasteiger partial charge on any atom is -0.439 e. The van der Waals surface area contributed by atoms with E-state index >= 15 is 0 Å². The summed E-state index contributed by atoms with van der Waals surface area (Å²) < 4.78 is 15.7. The Morgan fingerprint density at radius 1 is 0.920 bits per heavy atom. The minimum absolute atomic E-state index is 0.00249. The van der Waals surface area contributed by atoms with Crippen LogP contribution in [-0.2, 0) is 28.6 Å². The molecular formula is C32H58N4O14. The standard InChI is InChI=1S/C32H58N4O14/c1-6-7-8-9-10-11-19(2)30(46)36(14-12-33-23(40)18-48-32(47)35(4)5)15-13-34-29(45)24(41)20(3)28(21(39)16-37)50-31-27(44)26(43)25(42)22(17-38)49-31/h20-22,24-28,31,37-39,41-44H,2,6-18H2,1,3-5H3,(H,33,40)(H,34,45)/t20?,21?,22?,24?,25-,26-,27?,28?,31-/m0/s1. The first-order chi connectivity index (χ1) is 23.6. The summed E-state index contributed by atoms with van der Waals surface area (Å²) in [5.41, 5.74) is 0.346. The van der Waals surface area contributed by atoms with Crippen LogP contribution in [0.2, 0.25) is 0 Å². The average molecular weight is 723 g/mol. The van der Waals surface area contributed by atoms with Crippen LogP contribution in [0.4, 0.5) is 4.79 Å². The van der Waals surface area contributed by atoms with Crippen molar-refractivity contribution in [3.63, 3.8) is 0 Å². The third kappa shape index (κ3) is 14.7. The van der Waals surface area contributed by atoms with Gasteiger partial charge in [-0.1, -0.05) is 46.1 Å². The van der Waals surface area contributed by atoms with Crippen molar-refractivity contribution in [2.24, 2.45) is 5.92 Å². The van der Waals surface area contributed by atoms with E-state index in [0.717, 1.165) is 37.0 Å². The number of rotatable bonds is 23. The smallest absolute Gasteiger partial charge is 0.409 e. The second-order valence-electron chi connectivity index (χ2n) is 12.5. The second-order valence-corrected chi connectivity index (χ2v) is 12.5. The minimum atomic E-state index is -1.85. The number of hydrogen-bond donors (Lipinski definition) is 9. The van der Waals surface area contributed by atoms with E-state index < -0.39 is 98.6 Å². The molecule has 1 aliphatic heterocycles. The zero-order valence-electron chi connectivity index (χ0n) is 29.5. The molecule has 0 aromatic heterocycles. The first-order valence-corrected chi connectivity index (χ1v) is 16.9. The van der Waals surface area contributed by atoms with Crippen LogP contribution < -0.4 is 10.6 Å². The van der Waals surface area contributed by atoms with E-state index in [4.69, 9.17) is 14.2 Å². The largest absolute Gasteiger partial charge is 0.439 e. The summed E-state index contributed by atoms with van der Waals surface area (Å²) in [5.74, 6) is -3.15. The van der Waals surface area contributed by atoms with Gasteiger partial charge in [0, 0.05) is 51.8 Å². The summed E-state index contributed by atoms with van der Waals surface area (Å²) in [7, 11) is 2.93. The summed E-state index contributed by atoms with van der Waals surface area (Å²) in [6.45, 7) is 5.01. The molecule has 0 aromatic carbocycles. The maximum Gasteiger partial charge on any atom is 0.409 e. The van der Waals surface area contributed by atoms with Gasteiger partial charge < -0.3 is 70.4 Å². The molecule has 1 heterocycles. The van der Waals surface area contributed by atoms with E-state index in [1.807, 2.05) is 0 Å². The number of carbonyl (C=O) groups is 4. The normalized spacial score (nSPS) is 22.8. The van der Waals surface area contributed by atoms with Crippen molar-refractivity contribution >= 4 is 23.8 Å². The molecule has 1 aliphatic rings.